The van der Waals surface area contributed by atoms with Crippen LogP contribution in [0.2, 0.25) is 5.02 Å². The van der Waals surface area contributed by atoms with Crippen LogP contribution in [-0.2, 0) is 14.8 Å². The first-order chi connectivity index (χ1) is 11.9. The van der Waals surface area contributed by atoms with E-state index in [4.69, 9.17) is 20.9 Å². The molecule has 1 aromatic heterocycles. The first-order valence-electron chi connectivity index (χ1n) is 8.04. The molecule has 1 saturated heterocycles. The number of hydrogen-bond donors (Lipinski definition) is 1. The zero-order chi connectivity index (χ0) is 18.0. The van der Waals surface area contributed by atoms with Gasteiger partial charge in [0.25, 0.3) is 0 Å². The van der Waals surface area contributed by atoms with Crippen molar-refractivity contribution in [3.8, 4) is 0 Å². The summed E-state index contributed by atoms with van der Waals surface area (Å²) in [6.07, 6.45) is 1.41. The van der Waals surface area contributed by atoms with E-state index in [1.54, 1.807) is 32.0 Å². The van der Waals surface area contributed by atoms with Crippen molar-refractivity contribution in [2.75, 3.05) is 13.2 Å². The van der Waals surface area contributed by atoms with Gasteiger partial charge in [-0.15, -0.1) is 0 Å². The standard InChI is InChI=1S/C16H20ClN3O4S/c1-10-4-3-5-13(17)15(10)25(21,22)20-14(12-6-8-23-9-7-12)16-18-11(2)19-24-16/h3-5,12,14,20H,6-9H2,1-2H3. The highest BCUT2D eigenvalue weighted by Crippen LogP contribution is 2.32. The highest BCUT2D eigenvalue weighted by atomic mass is 35.5. The smallest absolute Gasteiger partial charge is 0.245 e. The molecule has 2 aromatic rings. The third-order valence-corrected chi connectivity index (χ3v) is 6.33. The van der Waals surface area contributed by atoms with Gasteiger partial charge in [0.1, 0.15) is 10.9 Å². The summed E-state index contributed by atoms with van der Waals surface area (Å²) in [5.41, 5.74) is 0.576. The Bertz CT molecular complexity index is 827. The number of aryl methyl sites for hydroxylation is 2. The van der Waals surface area contributed by atoms with Crippen molar-refractivity contribution in [3.05, 3.63) is 40.5 Å². The van der Waals surface area contributed by atoms with Crippen molar-refractivity contribution in [3.63, 3.8) is 0 Å². The van der Waals surface area contributed by atoms with E-state index in [0.29, 0.717) is 37.4 Å². The number of ether oxygens (including phenoxy) is 1. The molecule has 136 valence electrons. The molecular formula is C16H20ClN3O4S. The molecule has 0 amide bonds. The Morgan fingerprint density at radius 2 is 2.00 bits per heavy atom. The molecule has 9 heteroatoms. The Balaban J connectivity index is 1.96. The molecule has 1 aliphatic rings. The van der Waals surface area contributed by atoms with Crippen LogP contribution < -0.4 is 4.72 Å². The number of benzene rings is 1. The molecule has 0 radical (unpaired) electrons. The van der Waals surface area contributed by atoms with Gasteiger partial charge >= 0.3 is 0 Å². The summed E-state index contributed by atoms with van der Waals surface area (Å²) in [7, 11) is -3.86. The Kier molecular flexibility index (Phi) is 5.43. The molecule has 0 aliphatic carbocycles. The van der Waals surface area contributed by atoms with Crippen molar-refractivity contribution in [2.45, 2.75) is 37.6 Å². The van der Waals surface area contributed by atoms with Crippen LogP contribution in [0.15, 0.2) is 27.6 Å². The maximum Gasteiger partial charge on any atom is 0.245 e. The lowest BCUT2D eigenvalue weighted by atomic mass is 9.92. The van der Waals surface area contributed by atoms with Crippen molar-refractivity contribution in [1.29, 1.82) is 0 Å². The summed E-state index contributed by atoms with van der Waals surface area (Å²) in [6, 6.07) is 4.36. The van der Waals surface area contributed by atoms with Crippen LogP contribution in [0.4, 0.5) is 0 Å². The molecule has 1 fully saturated rings. The van der Waals surface area contributed by atoms with Gasteiger partial charge in [0, 0.05) is 13.2 Å². The van der Waals surface area contributed by atoms with Gasteiger partial charge in [0.15, 0.2) is 5.82 Å². The monoisotopic (exact) mass is 385 g/mol. The van der Waals surface area contributed by atoms with Crippen molar-refractivity contribution in [2.24, 2.45) is 5.92 Å². The van der Waals surface area contributed by atoms with E-state index >= 15 is 0 Å². The molecule has 1 aliphatic heterocycles. The second kappa shape index (κ2) is 7.41. The number of nitrogens with zero attached hydrogens (tertiary/aromatic N) is 2. The molecule has 3 rings (SSSR count). The van der Waals surface area contributed by atoms with E-state index in [9.17, 15) is 8.42 Å². The molecule has 0 saturated carbocycles. The van der Waals surface area contributed by atoms with Crippen molar-refractivity contribution in [1.82, 2.24) is 14.9 Å². The molecule has 7 nitrogen and oxygen atoms in total. The Hall–Kier alpha value is -1.48. The molecule has 2 heterocycles. The van der Waals surface area contributed by atoms with E-state index in [1.807, 2.05) is 0 Å². The van der Waals surface area contributed by atoms with Gasteiger partial charge in [-0.2, -0.15) is 9.71 Å². The fourth-order valence-corrected chi connectivity index (χ4v) is 5.11. The fraction of sp³-hybridized carbons (Fsp3) is 0.500. The van der Waals surface area contributed by atoms with Crippen LogP contribution >= 0.6 is 11.6 Å². The van der Waals surface area contributed by atoms with Gasteiger partial charge in [-0.05, 0) is 44.2 Å². The minimum atomic E-state index is -3.86. The first kappa shape index (κ1) is 18.3. The summed E-state index contributed by atoms with van der Waals surface area (Å²) in [5, 5.41) is 3.97. The summed E-state index contributed by atoms with van der Waals surface area (Å²) in [4.78, 5) is 4.30. The molecule has 1 unspecified atom stereocenters. The molecule has 0 bridgehead atoms. The zero-order valence-electron chi connectivity index (χ0n) is 14.0. The summed E-state index contributed by atoms with van der Waals surface area (Å²) < 4.78 is 39.3. The third-order valence-electron chi connectivity index (χ3n) is 4.26. The second-order valence-corrected chi connectivity index (χ2v) is 8.17. The molecule has 0 spiro atoms. The molecular weight excluding hydrogens is 366 g/mol. The molecule has 1 aromatic carbocycles. The normalized spacial score (nSPS) is 17.6. The van der Waals surface area contributed by atoms with Gasteiger partial charge in [0.05, 0.1) is 5.02 Å². The Labute approximate surface area is 151 Å². The fourth-order valence-electron chi connectivity index (χ4n) is 3.02. The van der Waals surface area contributed by atoms with Crippen LogP contribution in [0.25, 0.3) is 0 Å². The lowest BCUT2D eigenvalue weighted by Crippen LogP contribution is -2.36. The molecule has 1 N–H and O–H groups in total. The predicted molar refractivity (Wildman–Crippen MR) is 91.8 cm³/mol. The third kappa shape index (κ3) is 4.03. The Morgan fingerprint density at radius 1 is 1.28 bits per heavy atom. The minimum Gasteiger partial charge on any atom is -0.381 e. The van der Waals surface area contributed by atoms with Crippen molar-refractivity contribution >= 4 is 21.6 Å². The van der Waals surface area contributed by atoms with Gasteiger partial charge < -0.3 is 9.26 Å². The van der Waals surface area contributed by atoms with Gasteiger partial charge in [-0.1, -0.05) is 28.9 Å². The number of halogens is 1. The number of sulfonamides is 1. The van der Waals surface area contributed by atoms with E-state index in [-0.39, 0.29) is 21.7 Å². The van der Waals surface area contributed by atoms with Crippen LogP contribution in [0.5, 0.6) is 0 Å². The highest BCUT2D eigenvalue weighted by Gasteiger charge is 2.34. The summed E-state index contributed by atoms with van der Waals surface area (Å²) in [5.74, 6) is 0.726. The summed E-state index contributed by atoms with van der Waals surface area (Å²) in [6.45, 7) is 4.55. The SMILES string of the molecule is Cc1noc(C(NS(=O)(=O)c2c(C)cccc2Cl)C2CCOCC2)n1. The second-order valence-electron chi connectivity index (χ2n) is 6.11. The maximum absolute atomic E-state index is 13.0. The first-order valence-corrected chi connectivity index (χ1v) is 9.90. The largest absolute Gasteiger partial charge is 0.381 e. The topological polar surface area (TPSA) is 94.3 Å². The van der Waals surface area contributed by atoms with Crippen LogP contribution in [0.1, 0.15) is 36.2 Å². The molecule has 25 heavy (non-hydrogen) atoms. The van der Waals surface area contributed by atoms with Gasteiger partial charge in [0.2, 0.25) is 15.9 Å². The van der Waals surface area contributed by atoms with Crippen LogP contribution in [0, 0.1) is 19.8 Å². The number of nitrogens with one attached hydrogen (secondary N) is 1. The van der Waals surface area contributed by atoms with Crippen LogP contribution in [0.3, 0.4) is 0 Å². The number of hydrogen-bond acceptors (Lipinski definition) is 6. The van der Waals surface area contributed by atoms with E-state index < -0.39 is 16.1 Å². The number of rotatable bonds is 5. The van der Waals surface area contributed by atoms with Crippen molar-refractivity contribution < 1.29 is 17.7 Å². The lowest BCUT2D eigenvalue weighted by Gasteiger charge is -2.28. The summed E-state index contributed by atoms with van der Waals surface area (Å²) >= 11 is 6.14. The average molecular weight is 386 g/mol. The van der Waals surface area contributed by atoms with E-state index in [2.05, 4.69) is 14.9 Å². The lowest BCUT2D eigenvalue weighted by molar-refractivity contribution is 0.0522. The van der Waals surface area contributed by atoms with Gasteiger partial charge in [-0.25, -0.2) is 8.42 Å². The zero-order valence-corrected chi connectivity index (χ0v) is 15.6. The minimum absolute atomic E-state index is 0.00571. The quantitative estimate of drug-likeness (QED) is 0.850. The average Bonchev–Trinajstić information content (AvgIpc) is 2.99. The highest BCUT2D eigenvalue weighted by molar-refractivity contribution is 7.89. The molecule has 1 atom stereocenters. The van der Waals surface area contributed by atoms with E-state index in [1.165, 1.54) is 0 Å². The number of aromatic nitrogens is 2. The predicted octanol–water partition coefficient (Wildman–Crippen LogP) is 2.79. The maximum atomic E-state index is 13.0. The van der Waals surface area contributed by atoms with Crippen LogP contribution in [-0.4, -0.2) is 31.8 Å². The van der Waals surface area contributed by atoms with Gasteiger partial charge in [-0.3, -0.25) is 0 Å². The van der Waals surface area contributed by atoms with E-state index in [0.717, 1.165) is 0 Å². The Morgan fingerprint density at radius 3 is 2.60 bits per heavy atom.